The van der Waals surface area contributed by atoms with Gasteiger partial charge in [0.05, 0.1) is 6.20 Å². The van der Waals surface area contributed by atoms with E-state index < -0.39 is 0 Å². The summed E-state index contributed by atoms with van der Waals surface area (Å²) in [6, 6.07) is 0. The number of oxazole rings is 1. The molecule has 62 valence electrons. The normalized spacial score (nSPS) is 11.3. The molecule has 0 amide bonds. The molecule has 1 rings (SSSR count). The van der Waals surface area contributed by atoms with Crippen molar-refractivity contribution in [1.82, 2.24) is 4.98 Å². The Kier molecular flexibility index (Phi) is 3.57. The fraction of sp³-hybridized carbons (Fsp3) is 0.111. The van der Waals surface area contributed by atoms with E-state index in [1.807, 2.05) is 0 Å². The summed E-state index contributed by atoms with van der Waals surface area (Å²) in [5.41, 5.74) is 0. The first-order valence-electron chi connectivity index (χ1n) is 3.59. The van der Waals surface area contributed by atoms with E-state index in [2.05, 4.69) is 16.6 Å². The molecule has 0 aromatic carbocycles. The van der Waals surface area contributed by atoms with Gasteiger partial charge in [-0.25, -0.2) is 4.98 Å². The molecule has 0 aliphatic rings. The first-order chi connectivity index (χ1) is 5.93. The van der Waals surface area contributed by atoms with Crippen LogP contribution < -0.4 is 0 Å². The number of hydrogen-bond donors (Lipinski definition) is 0. The van der Waals surface area contributed by atoms with Crippen LogP contribution in [0.5, 0.6) is 0 Å². The summed E-state index contributed by atoms with van der Waals surface area (Å²) in [5.74, 6) is 0.623. The molecule has 1 aromatic heterocycles. The molecule has 3 nitrogen and oxygen atoms in total. The van der Waals surface area contributed by atoms with Gasteiger partial charge in [0.2, 0.25) is 5.89 Å². The van der Waals surface area contributed by atoms with Gasteiger partial charge in [0.25, 0.3) is 0 Å². The molecule has 0 bridgehead atoms. The first-order valence-corrected chi connectivity index (χ1v) is 3.59. The minimum atomic E-state index is 0.481. The van der Waals surface area contributed by atoms with E-state index in [-0.39, 0.29) is 0 Å². The Hall–Kier alpha value is -1.64. The third-order valence-corrected chi connectivity index (χ3v) is 1.15. The molecule has 1 heterocycles. The standard InChI is InChI=1S/C9H10N2O/c1-2-3-4-5-10-8-9-11-6-7-12-9/h2-7H,1,8H2/b4-3-,10-5?. The maximum absolute atomic E-state index is 4.97. The molecule has 1 aromatic rings. The van der Waals surface area contributed by atoms with Crippen molar-refractivity contribution in [3.8, 4) is 0 Å². The Morgan fingerprint density at radius 1 is 1.58 bits per heavy atom. The Bertz CT molecular complexity index is 273. The molecular weight excluding hydrogens is 152 g/mol. The van der Waals surface area contributed by atoms with E-state index in [0.29, 0.717) is 12.4 Å². The topological polar surface area (TPSA) is 38.4 Å². The average molecular weight is 162 g/mol. The largest absolute Gasteiger partial charge is 0.447 e. The van der Waals surface area contributed by atoms with Crippen molar-refractivity contribution in [2.45, 2.75) is 6.54 Å². The van der Waals surface area contributed by atoms with Crippen molar-refractivity contribution in [3.63, 3.8) is 0 Å². The number of hydrogen-bond acceptors (Lipinski definition) is 3. The molecule has 0 aliphatic heterocycles. The average Bonchev–Trinajstić information content (AvgIpc) is 2.57. The van der Waals surface area contributed by atoms with E-state index in [4.69, 9.17) is 4.42 Å². The smallest absolute Gasteiger partial charge is 0.215 e. The third kappa shape index (κ3) is 2.96. The van der Waals surface area contributed by atoms with E-state index in [9.17, 15) is 0 Å². The second-order valence-electron chi connectivity index (χ2n) is 2.04. The summed E-state index contributed by atoms with van der Waals surface area (Å²) in [6.07, 6.45) is 10.1. The molecule has 0 N–H and O–H groups in total. The fourth-order valence-electron chi connectivity index (χ4n) is 0.651. The highest BCUT2D eigenvalue weighted by Crippen LogP contribution is 1.94. The molecule has 3 heteroatoms. The van der Waals surface area contributed by atoms with E-state index in [1.165, 1.54) is 6.26 Å². The van der Waals surface area contributed by atoms with Crippen LogP contribution in [-0.2, 0) is 6.54 Å². The maximum atomic E-state index is 4.97. The molecule has 0 aliphatic carbocycles. The van der Waals surface area contributed by atoms with Gasteiger partial charge in [-0.15, -0.1) is 0 Å². The lowest BCUT2D eigenvalue weighted by Crippen LogP contribution is -1.79. The van der Waals surface area contributed by atoms with Crippen molar-refractivity contribution in [3.05, 3.63) is 43.2 Å². The van der Waals surface area contributed by atoms with Crippen LogP contribution in [0, 0.1) is 0 Å². The van der Waals surface area contributed by atoms with Gasteiger partial charge in [0.1, 0.15) is 12.8 Å². The summed E-state index contributed by atoms with van der Waals surface area (Å²) in [6.45, 7) is 4.01. The van der Waals surface area contributed by atoms with Gasteiger partial charge in [-0.3, -0.25) is 4.99 Å². The highest BCUT2D eigenvalue weighted by molar-refractivity contribution is 5.71. The summed E-state index contributed by atoms with van der Waals surface area (Å²) in [7, 11) is 0. The van der Waals surface area contributed by atoms with Crippen molar-refractivity contribution in [1.29, 1.82) is 0 Å². The van der Waals surface area contributed by atoms with Crippen molar-refractivity contribution in [2.24, 2.45) is 4.99 Å². The minimum absolute atomic E-state index is 0.481. The Balaban J connectivity index is 2.30. The van der Waals surface area contributed by atoms with Gasteiger partial charge < -0.3 is 4.42 Å². The zero-order chi connectivity index (χ0) is 8.65. The predicted octanol–water partition coefficient (Wildman–Crippen LogP) is 1.99. The van der Waals surface area contributed by atoms with Gasteiger partial charge in [-0.2, -0.15) is 0 Å². The molecule has 0 unspecified atom stereocenters. The summed E-state index contributed by atoms with van der Waals surface area (Å²) >= 11 is 0. The van der Waals surface area contributed by atoms with Gasteiger partial charge in [0, 0.05) is 6.21 Å². The molecule has 0 atom stereocenters. The zero-order valence-corrected chi connectivity index (χ0v) is 6.68. The maximum Gasteiger partial charge on any atom is 0.215 e. The molecule has 0 saturated carbocycles. The Morgan fingerprint density at radius 3 is 3.17 bits per heavy atom. The summed E-state index contributed by atoms with van der Waals surface area (Å²) in [4.78, 5) is 7.94. The number of allylic oxidation sites excluding steroid dienone is 3. The Morgan fingerprint density at radius 2 is 2.50 bits per heavy atom. The van der Waals surface area contributed by atoms with Gasteiger partial charge in [-0.05, 0) is 6.08 Å². The number of aliphatic imine (C=N–C) groups is 1. The minimum Gasteiger partial charge on any atom is -0.447 e. The van der Waals surface area contributed by atoms with Crippen LogP contribution in [0.4, 0.5) is 0 Å². The van der Waals surface area contributed by atoms with Crippen LogP contribution in [0.25, 0.3) is 0 Å². The van der Waals surface area contributed by atoms with E-state index in [0.717, 1.165) is 0 Å². The zero-order valence-electron chi connectivity index (χ0n) is 6.68. The van der Waals surface area contributed by atoms with Crippen molar-refractivity contribution >= 4 is 6.21 Å². The van der Waals surface area contributed by atoms with Crippen LogP contribution in [-0.4, -0.2) is 11.2 Å². The van der Waals surface area contributed by atoms with E-state index >= 15 is 0 Å². The van der Waals surface area contributed by atoms with Crippen LogP contribution >= 0.6 is 0 Å². The predicted molar refractivity (Wildman–Crippen MR) is 48.0 cm³/mol. The molecular formula is C9H10N2O. The third-order valence-electron chi connectivity index (χ3n) is 1.15. The SMILES string of the molecule is C=C/C=C\C=NCc1ncco1. The first kappa shape index (κ1) is 8.46. The summed E-state index contributed by atoms with van der Waals surface area (Å²) < 4.78 is 4.97. The van der Waals surface area contributed by atoms with E-state index in [1.54, 1.807) is 30.6 Å². The lowest BCUT2D eigenvalue weighted by atomic mass is 10.5. The quantitative estimate of drug-likeness (QED) is 0.501. The molecule has 0 radical (unpaired) electrons. The summed E-state index contributed by atoms with van der Waals surface area (Å²) in [5, 5.41) is 0. The van der Waals surface area contributed by atoms with Gasteiger partial charge in [0.15, 0.2) is 0 Å². The van der Waals surface area contributed by atoms with Crippen LogP contribution in [0.15, 0.2) is 46.7 Å². The lowest BCUT2D eigenvalue weighted by Gasteiger charge is -1.83. The number of nitrogens with zero attached hydrogens (tertiary/aromatic N) is 2. The monoisotopic (exact) mass is 162 g/mol. The number of rotatable bonds is 4. The van der Waals surface area contributed by atoms with Gasteiger partial charge >= 0.3 is 0 Å². The molecule has 0 fully saturated rings. The van der Waals surface area contributed by atoms with Crippen molar-refractivity contribution in [2.75, 3.05) is 0 Å². The number of aromatic nitrogens is 1. The highest BCUT2D eigenvalue weighted by atomic mass is 16.3. The molecule has 0 saturated heterocycles. The van der Waals surface area contributed by atoms with Crippen LogP contribution in [0.2, 0.25) is 0 Å². The Labute approximate surface area is 71.2 Å². The fourth-order valence-corrected chi connectivity index (χ4v) is 0.651. The van der Waals surface area contributed by atoms with Crippen LogP contribution in [0.1, 0.15) is 5.89 Å². The second-order valence-corrected chi connectivity index (χ2v) is 2.04. The lowest BCUT2D eigenvalue weighted by molar-refractivity contribution is 0.498. The van der Waals surface area contributed by atoms with Crippen LogP contribution in [0.3, 0.4) is 0 Å². The second kappa shape index (κ2) is 5.07. The van der Waals surface area contributed by atoms with Crippen molar-refractivity contribution < 1.29 is 4.42 Å². The molecule has 12 heavy (non-hydrogen) atoms. The van der Waals surface area contributed by atoms with Gasteiger partial charge in [-0.1, -0.05) is 18.7 Å². The highest BCUT2D eigenvalue weighted by Gasteiger charge is 1.90. The molecule has 0 spiro atoms.